The zero-order valence-electron chi connectivity index (χ0n) is 29.2. The molecule has 0 saturated carbocycles. The summed E-state index contributed by atoms with van der Waals surface area (Å²) in [5, 5.41) is 21.4. The molecule has 0 aliphatic heterocycles. The van der Waals surface area contributed by atoms with Crippen molar-refractivity contribution >= 4 is 22.8 Å². The van der Waals surface area contributed by atoms with Gasteiger partial charge in [-0.15, -0.1) is 0 Å². The number of hydrogen-bond donors (Lipinski definition) is 2. The van der Waals surface area contributed by atoms with Crippen LogP contribution in [-0.4, -0.2) is 21.6 Å². The van der Waals surface area contributed by atoms with Crippen LogP contribution in [0.2, 0.25) is 0 Å². The fourth-order valence-electron chi connectivity index (χ4n) is 4.70. The Kier molecular flexibility index (Phi) is 12.6. The summed E-state index contributed by atoms with van der Waals surface area (Å²) in [5.74, 6) is 0. The van der Waals surface area contributed by atoms with Crippen LogP contribution in [0.4, 0.5) is 11.4 Å². The van der Waals surface area contributed by atoms with Crippen molar-refractivity contribution in [2.75, 3.05) is 0 Å². The number of rotatable bonds is 2. The van der Waals surface area contributed by atoms with Crippen molar-refractivity contribution in [3.05, 3.63) is 119 Å². The fraction of sp³-hybridized carbons (Fsp3) is 0.400. The van der Waals surface area contributed by atoms with E-state index in [1.165, 1.54) is 11.1 Å². The van der Waals surface area contributed by atoms with E-state index in [2.05, 4.69) is 105 Å². The second-order valence-corrected chi connectivity index (χ2v) is 15.7. The predicted octanol–water partition coefficient (Wildman–Crippen LogP) is 11.2. The SMILES string of the molecule is CC(C)(C)C1=CC(=Nc2ccccc2)[C](O)C(C(C)(C)C)=C1.CC(C)(C)C1=CC(=Nc2ccccc2)[C](O)C(C(C)(C)C)=C1.[Cu]. The molecule has 4 nitrogen and oxygen atoms in total. The summed E-state index contributed by atoms with van der Waals surface area (Å²) in [6.45, 7) is 25.7. The Morgan fingerprint density at radius 2 is 0.711 bits per heavy atom. The van der Waals surface area contributed by atoms with E-state index in [0.29, 0.717) is 11.4 Å². The van der Waals surface area contributed by atoms with Crippen LogP contribution in [0.5, 0.6) is 0 Å². The number of para-hydroxylation sites is 2. The van der Waals surface area contributed by atoms with Gasteiger partial charge in [0.1, 0.15) is 0 Å². The molecule has 45 heavy (non-hydrogen) atoms. The molecule has 0 spiro atoms. The number of aliphatic hydroxyl groups excluding tert-OH is 2. The average molecular weight is 656 g/mol. The van der Waals surface area contributed by atoms with Gasteiger partial charge in [-0.3, -0.25) is 0 Å². The Bertz CT molecular complexity index is 1370. The number of nitrogens with zero attached hydrogens (tertiary/aromatic N) is 2. The van der Waals surface area contributed by atoms with Crippen molar-refractivity contribution in [2.45, 2.75) is 83.1 Å². The molecule has 4 rings (SSSR count). The van der Waals surface area contributed by atoms with Crippen molar-refractivity contribution < 1.29 is 27.3 Å². The zero-order chi connectivity index (χ0) is 33.1. The quantitative estimate of drug-likeness (QED) is 0.316. The molecule has 0 atom stereocenters. The van der Waals surface area contributed by atoms with Gasteiger partial charge in [-0.05, 0) is 80.4 Å². The molecular weight excluding hydrogens is 604 g/mol. The van der Waals surface area contributed by atoms with Crippen molar-refractivity contribution in [1.82, 2.24) is 0 Å². The average Bonchev–Trinajstić information content (AvgIpc) is 2.90. The van der Waals surface area contributed by atoms with E-state index in [0.717, 1.165) is 22.5 Å². The molecule has 0 saturated heterocycles. The van der Waals surface area contributed by atoms with E-state index in [1.54, 1.807) is 0 Å². The standard InChI is InChI=1S/2C20H26NO.Cu/c2*1-19(2,3)14-12-16(20(4,5)6)18(22)17(13-14)21-15-10-8-7-9-11-15;/h2*7-13,22H,1-6H3;. The number of aliphatic hydroxyl groups is 2. The minimum absolute atomic E-state index is 0. The third-order valence-corrected chi connectivity index (χ3v) is 7.54. The van der Waals surface area contributed by atoms with Gasteiger partial charge in [0, 0.05) is 17.1 Å². The minimum atomic E-state index is -0.133. The Morgan fingerprint density at radius 1 is 0.422 bits per heavy atom. The van der Waals surface area contributed by atoms with Crippen molar-refractivity contribution in [3.8, 4) is 0 Å². The molecule has 0 amide bonds. The van der Waals surface area contributed by atoms with Crippen LogP contribution in [0.3, 0.4) is 0 Å². The third kappa shape index (κ3) is 10.6. The van der Waals surface area contributed by atoms with Crippen LogP contribution < -0.4 is 0 Å². The molecule has 0 aromatic heterocycles. The van der Waals surface area contributed by atoms with E-state index >= 15 is 0 Å². The van der Waals surface area contributed by atoms with Crippen LogP contribution in [0.1, 0.15) is 83.1 Å². The Morgan fingerprint density at radius 3 is 0.956 bits per heavy atom. The summed E-state index contributed by atoms with van der Waals surface area (Å²) in [6, 6.07) is 19.5. The number of aliphatic imine (C=N–C) groups is 2. The van der Waals surface area contributed by atoms with Gasteiger partial charge in [-0.25, -0.2) is 9.98 Å². The van der Waals surface area contributed by atoms with E-state index in [4.69, 9.17) is 0 Å². The normalized spacial score (nSPS) is 18.7. The first-order chi connectivity index (χ1) is 20.2. The van der Waals surface area contributed by atoms with E-state index in [-0.39, 0.29) is 50.9 Å². The van der Waals surface area contributed by atoms with Gasteiger partial charge in [0.05, 0.1) is 22.8 Å². The molecule has 0 heterocycles. The van der Waals surface area contributed by atoms with Gasteiger partial charge < -0.3 is 10.2 Å². The first-order valence-electron chi connectivity index (χ1n) is 15.5. The Labute approximate surface area is 283 Å². The molecule has 2 aromatic carbocycles. The smallest absolute Gasteiger partial charge is 0.166 e. The van der Waals surface area contributed by atoms with Crippen LogP contribution in [0.15, 0.2) is 117 Å². The van der Waals surface area contributed by atoms with Gasteiger partial charge in [0.25, 0.3) is 0 Å². The minimum Gasteiger partial charge on any atom is -0.375 e. The summed E-state index contributed by atoms with van der Waals surface area (Å²) in [4.78, 5) is 9.28. The molecule has 0 bridgehead atoms. The maximum Gasteiger partial charge on any atom is 0.166 e. The molecule has 3 radical (unpaired) electrons. The van der Waals surface area contributed by atoms with Crippen molar-refractivity contribution in [2.24, 2.45) is 31.6 Å². The maximum atomic E-state index is 10.7. The summed E-state index contributed by atoms with van der Waals surface area (Å²) in [7, 11) is 0. The molecular formula is C40H52CuN2O2. The van der Waals surface area contributed by atoms with Crippen LogP contribution in [0.25, 0.3) is 0 Å². The van der Waals surface area contributed by atoms with Gasteiger partial charge >= 0.3 is 0 Å². The van der Waals surface area contributed by atoms with Crippen LogP contribution >= 0.6 is 0 Å². The Hall–Kier alpha value is -2.82. The van der Waals surface area contributed by atoms with E-state index in [1.807, 2.05) is 72.8 Å². The maximum absolute atomic E-state index is 10.7. The molecule has 2 N–H and O–H groups in total. The zero-order valence-corrected chi connectivity index (χ0v) is 30.1. The second-order valence-electron chi connectivity index (χ2n) is 15.7. The van der Waals surface area contributed by atoms with E-state index < -0.39 is 0 Å². The fourth-order valence-corrected chi connectivity index (χ4v) is 4.70. The van der Waals surface area contributed by atoms with Crippen LogP contribution in [-0.2, 0) is 17.1 Å². The van der Waals surface area contributed by atoms with Gasteiger partial charge in [0.15, 0.2) is 12.2 Å². The topological polar surface area (TPSA) is 65.2 Å². The summed E-state index contributed by atoms with van der Waals surface area (Å²) < 4.78 is 0. The molecule has 2 aliphatic rings. The summed E-state index contributed by atoms with van der Waals surface area (Å²) in [6.07, 6.45) is 8.78. The molecule has 5 heteroatoms. The predicted molar refractivity (Wildman–Crippen MR) is 188 cm³/mol. The molecule has 2 aliphatic carbocycles. The molecule has 0 unspecified atom stereocenters. The first kappa shape index (κ1) is 38.4. The van der Waals surface area contributed by atoms with Crippen molar-refractivity contribution in [3.63, 3.8) is 0 Å². The Balaban J connectivity index is 0.000000307. The molecule has 245 valence electrons. The second kappa shape index (κ2) is 14.7. The van der Waals surface area contributed by atoms with E-state index in [9.17, 15) is 10.2 Å². The summed E-state index contributed by atoms with van der Waals surface area (Å²) in [5.41, 5.74) is 6.99. The number of allylic oxidation sites excluding steroid dienone is 4. The molecule has 2 aromatic rings. The third-order valence-electron chi connectivity index (χ3n) is 7.54. The first-order valence-corrected chi connectivity index (χ1v) is 15.5. The van der Waals surface area contributed by atoms with Gasteiger partial charge in [0.2, 0.25) is 0 Å². The number of benzene rings is 2. The van der Waals surface area contributed by atoms with Crippen molar-refractivity contribution in [1.29, 1.82) is 0 Å². The van der Waals surface area contributed by atoms with Gasteiger partial charge in [-0.1, -0.05) is 132 Å². The van der Waals surface area contributed by atoms with Crippen LogP contribution in [0, 0.1) is 33.9 Å². The monoisotopic (exact) mass is 655 g/mol. The molecule has 0 fully saturated rings. The summed E-state index contributed by atoms with van der Waals surface area (Å²) >= 11 is 0. The van der Waals surface area contributed by atoms with Gasteiger partial charge in [-0.2, -0.15) is 0 Å². The number of hydrogen-bond acceptors (Lipinski definition) is 4. The largest absolute Gasteiger partial charge is 0.375 e.